The summed E-state index contributed by atoms with van der Waals surface area (Å²) in [6.07, 6.45) is 10.4. The summed E-state index contributed by atoms with van der Waals surface area (Å²) >= 11 is 0. The first-order valence-electron chi connectivity index (χ1n) is 18.9. The third-order valence-corrected chi connectivity index (χ3v) is 12.8. The number of ether oxygens (including phenoxy) is 1. The number of rotatable bonds is 7. The van der Waals surface area contributed by atoms with Crippen molar-refractivity contribution in [3.63, 3.8) is 0 Å². The molecule has 2 aromatic heterocycles. The van der Waals surface area contributed by atoms with Crippen molar-refractivity contribution in [1.29, 1.82) is 0 Å². The molecule has 3 N–H and O–H groups in total. The molecule has 286 valence electrons. The van der Waals surface area contributed by atoms with Gasteiger partial charge in [-0.25, -0.2) is 18.4 Å². The molecule has 14 nitrogen and oxygen atoms in total. The molecule has 2 saturated carbocycles. The number of amides is 4. The van der Waals surface area contributed by atoms with E-state index in [0.717, 1.165) is 34.5 Å². The van der Waals surface area contributed by atoms with Gasteiger partial charge in [0.25, 0.3) is 11.8 Å². The molecule has 4 amide bonds. The lowest BCUT2D eigenvalue weighted by atomic mass is 10.0. The van der Waals surface area contributed by atoms with E-state index in [1.165, 1.54) is 17.3 Å². The zero-order valence-corrected chi connectivity index (χ0v) is 31.3. The summed E-state index contributed by atoms with van der Waals surface area (Å²) < 4.78 is 34.6. The van der Waals surface area contributed by atoms with Gasteiger partial charge < -0.3 is 20.3 Å². The highest BCUT2D eigenvalue weighted by molar-refractivity contribution is 7.91. The van der Waals surface area contributed by atoms with Crippen molar-refractivity contribution in [3.05, 3.63) is 84.5 Å². The molecular weight excluding hydrogens is 723 g/mol. The van der Waals surface area contributed by atoms with Gasteiger partial charge in [-0.1, -0.05) is 61.4 Å². The maximum atomic E-state index is 14.6. The van der Waals surface area contributed by atoms with Crippen LogP contribution < -0.4 is 20.1 Å². The highest BCUT2D eigenvalue weighted by Crippen LogP contribution is 2.46. The van der Waals surface area contributed by atoms with Crippen LogP contribution in [0.4, 0.5) is 0 Å². The van der Waals surface area contributed by atoms with Crippen LogP contribution in [0.25, 0.3) is 21.7 Å². The molecule has 2 aliphatic heterocycles. The fourth-order valence-corrected chi connectivity index (χ4v) is 9.07. The van der Waals surface area contributed by atoms with Crippen LogP contribution in [0.5, 0.6) is 5.88 Å². The van der Waals surface area contributed by atoms with E-state index in [0.29, 0.717) is 43.7 Å². The molecular formula is C40H43N7O7S. The molecule has 15 heteroatoms. The molecule has 2 aliphatic carbocycles. The van der Waals surface area contributed by atoms with Gasteiger partial charge in [-0.05, 0) is 63.0 Å². The molecule has 8 rings (SSSR count). The third kappa shape index (κ3) is 7.49. The van der Waals surface area contributed by atoms with Crippen LogP contribution in [0, 0.1) is 12.8 Å². The van der Waals surface area contributed by atoms with Crippen LogP contribution in [0.3, 0.4) is 0 Å². The minimum atomic E-state index is -3.89. The van der Waals surface area contributed by atoms with E-state index in [-0.39, 0.29) is 25.1 Å². The summed E-state index contributed by atoms with van der Waals surface area (Å²) in [5, 5.41) is 7.79. The Morgan fingerprint density at radius 3 is 2.47 bits per heavy atom. The smallest absolute Gasteiger partial charge is 0.272 e. The third-order valence-electron chi connectivity index (χ3n) is 11.0. The Morgan fingerprint density at radius 2 is 1.71 bits per heavy atom. The molecule has 3 fully saturated rings. The minimum Gasteiger partial charge on any atom is -0.472 e. The molecule has 0 bridgehead atoms. The van der Waals surface area contributed by atoms with Crippen molar-refractivity contribution < 1.29 is 32.3 Å². The lowest BCUT2D eigenvalue weighted by Gasteiger charge is -2.29. The van der Waals surface area contributed by atoms with Crippen molar-refractivity contribution >= 4 is 55.3 Å². The van der Waals surface area contributed by atoms with E-state index in [4.69, 9.17) is 9.72 Å². The Bertz CT molecular complexity index is 2310. The highest BCUT2D eigenvalue weighted by Gasteiger charge is 2.62. The van der Waals surface area contributed by atoms with Gasteiger partial charge in [-0.2, -0.15) is 0 Å². The number of aromatic nitrogens is 3. The first-order chi connectivity index (χ1) is 26.5. The number of allylic oxidation sites excluding steroid dienone is 1. The normalized spacial score (nSPS) is 25.9. The van der Waals surface area contributed by atoms with Crippen LogP contribution in [0.15, 0.2) is 73.1 Å². The average Bonchev–Trinajstić information content (AvgIpc) is 4.11. The zero-order chi connectivity index (χ0) is 38.3. The molecule has 4 aliphatic rings. The summed E-state index contributed by atoms with van der Waals surface area (Å²) in [5.41, 5.74) is -0.0889. The number of benzene rings is 2. The Morgan fingerprint density at radius 1 is 0.945 bits per heavy atom. The molecule has 0 spiro atoms. The molecule has 5 atom stereocenters. The SMILES string of the molecule is Cc1cnc(C(=O)N[C@H]2CCCCCC=C[C@@H]3C[C@@]3(C(=O)NS(=O)(=O)C3CC3)NC(=O)[C@@H]3C[C@@H](Oc4nc5ccccc5c5ccccc45)CN3C2=O)cn1. The molecule has 2 aromatic carbocycles. The first kappa shape index (κ1) is 36.5. The first-order valence-corrected chi connectivity index (χ1v) is 20.5. The molecule has 0 unspecified atom stereocenters. The van der Waals surface area contributed by atoms with Crippen LogP contribution in [-0.4, -0.2) is 87.4 Å². The maximum Gasteiger partial charge on any atom is 0.272 e. The topological polar surface area (TPSA) is 190 Å². The maximum absolute atomic E-state index is 14.6. The summed E-state index contributed by atoms with van der Waals surface area (Å²) in [7, 11) is -3.89. The van der Waals surface area contributed by atoms with Gasteiger partial charge in [0.1, 0.15) is 29.4 Å². The van der Waals surface area contributed by atoms with Gasteiger partial charge in [0.2, 0.25) is 27.7 Å². The van der Waals surface area contributed by atoms with Crippen molar-refractivity contribution in [3.8, 4) is 5.88 Å². The van der Waals surface area contributed by atoms with Crippen LogP contribution in [0.2, 0.25) is 0 Å². The van der Waals surface area contributed by atoms with E-state index < -0.39 is 68.5 Å². The zero-order valence-electron chi connectivity index (χ0n) is 30.4. The highest BCUT2D eigenvalue weighted by atomic mass is 32.2. The van der Waals surface area contributed by atoms with Crippen molar-refractivity contribution in [2.24, 2.45) is 5.92 Å². The lowest BCUT2D eigenvalue weighted by molar-refractivity contribution is -0.141. The summed E-state index contributed by atoms with van der Waals surface area (Å²) in [6.45, 7) is 1.75. The van der Waals surface area contributed by atoms with Crippen LogP contribution in [0.1, 0.15) is 74.0 Å². The number of nitrogens with zero attached hydrogens (tertiary/aromatic N) is 4. The average molecular weight is 766 g/mol. The Balaban J connectivity index is 1.12. The Labute approximate surface area is 318 Å². The summed E-state index contributed by atoms with van der Waals surface area (Å²) in [5.74, 6) is -2.52. The number of hydrogen-bond donors (Lipinski definition) is 3. The lowest BCUT2D eigenvalue weighted by Crippen LogP contribution is -2.58. The predicted octanol–water partition coefficient (Wildman–Crippen LogP) is 3.64. The van der Waals surface area contributed by atoms with Crippen molar-refractivity contribution in [1.82, 2.24) is 35.2 Å². The molecule has 4 heterocycles. The summed E-state index contributed by atoms with van der Waals surface area (Å²) in [6, 6.07) is 13.3. The van der Waals surface area contributed by atoms with Crippen LogP contribution >= 0.6 is 0 Å². The number of carbonyl (C=O) groups excluding carboxylic acids is 4. The number of pyridine rings is 1. The Hall–Kier alpha value is -5.44. The van der Waals surface area contributed by atoms with Gasteiger partial charge in [0.05, 0.1) is 29.2 Å². The number of aryl methyl sites for hydroxylation is 1. The van der Waals surface area contributed by atoms with Gasteiger partial charge in [0.15, 0.2) is 0 Å². The number of fused-ring (bicyclic) bond motifs is 5. The van der Waals surface area contributed by atoms with Gasteiger partial charge in [0, 0.05) is 29.3 Å². The van der Waals surface area contributed by atoms with E-state index in [2.05, 4.69) is 25.3 Å². The van der Waals surface area contributed by atoms with Gasteiger partial charge in [-0.15, -0.1) is 0 Å². The number of para-hydroxylation sites is 1. The van der Waals surface area contributed by atoms with E-state index in [9.17, 15) is 27.6 Å². The predicted molar refractivity (Wildman–Crippen MR) is 203 cm³/mol. The second-order valence-corrected chi connectivity index (χ2v) is 17.0. The van der Waals surface area contributed by atoms with E-state index in [1.54, 1.807) is 6.92 Å². The molecule has 1 saturated heterocycles. The fourth-order valence-electron chi connectivity index (χ4n) is 7.71. The summed E-state index contributed by atoms with van der Waals surface area (Å²) in [4.78, 5) is 70.9. The van der Waals surface area contributed by atoms with Crippen LogP contribution in [-0.2, 0) is 24.4 Å². The van der Waals surface area contributed by atoms with Gasteiger partial charge in [-0.3, -0.25) is 28.9 Å². The monoisotopic (exact) mass is 765 g/mol. The van der Waals surface area contributed by atoms with Crippen molar-refractivity contribution in [2.75, 3.05) is 6.54 Å². The van der Waals surface area contributed by atoms with E-state index in [1.807, 2.05) is 60.7 Å². The van der Waals surface area contributed by atoms with Crippen molar-refractivity contribution in [2.45, 2.75) is 93.7 Å². The largest absolute Gasteiger partial charge is 0.472 e. The molecule has 55 heavy (non-hydrogen) atoms. The number of sulfonamides is 1. The fraction of sp³-hybridized carbons (Fsp3) is 0.425. The van der Waals surface area contributed by atoms with Gasteiger partial charge >= 0.3 is 0 Å². The quantitative estimate of drug-likeness (QED) is 0.185. The standard InChI is InChI=1S/C40H43N7O7S/c1-24-21-42-33(22-41-24)35(48)43-32-16-6-4-2-3-5-11-25-20-40(25,39(51)46-55(52,53)27-17-18-27)45-36(49)34-19-26(23-47(34)38(32)50)54-37-30-14-8-7-12-28(30)29-13-9-10-15-31(29)44-37/h5,7-15,21-22,25-27,32,34H,2-4,6,16-20,23H2,1H3,(H,43,48)(H,45,49)(H,46,51)/t25-,26-,32+,34+,40-/m1/s1. The number of hydrogen-bond acceptors (Lipinski definition) is 10. The second-order valence-electron chi connectivity index (χ2n) is 15.0. The molecule has 4 aromatic rings. The van der Waals surface area contributed by atoms with E-state index >= 15 is 0 Å². The minimum absolute atomic E-state index is 0.00491. The Kier molecular flexibility index (Phi) is 9.74. The second kappa shape index (κ2) is 14.7. The number of carbonyl (C=O) groups is 4. The number of nitrogens with one attached hydrogen (secondary N) is 3. The molecule has 0 radical (unpaired) electrons.